The Morgan fingerprint density at radius 2 is 2.15 bits per heavy atom. The van der Waals surface area contributed by atoms with Gasteiger partial charge in [0.2, 0.25) is 0 Å². The molecule has 0 unspecified atom stereocenters. The maximum atomic E-state index is 12.1. The Labute approximate surface area is 118 Å². The van der Waals surface area contributed by atoms with Gasteiger partial charge in [0.1, 0.15) is 5.60 Å². The first kappa shape index (κ1) is 16.3. The zero-order chi connectivity index (χ0) is 15.2. The summed E-state index contributed by atoms with van der Waals surface area (Å²) in [6, 6.07) is -0.393. The Hall–Kier alpha value is -1.75. The van der Waals surface area contributed by atoms with Gasteiger partial charge < -0.3 is 4.74 Å². The summed E-state index contributed by atoms with van der Waals surface area (Å²) in [6.45, 7) is 6.27. The Balaban J connectivity index is 2.53. The summed E-state index contributed by atoms with van der Waals surface area (Å²) in [5, 5.41) is 3.40. The van der Waals surface area contributed by atoms with E-state index in [4.69, 9.17) is 10.3 Å². The quantitative estimate of drug-likeness (QED) is 0.335. The molecule has 1 aliphatic heterocycles. The average Bonchev–Trinajstić information content (AvgIpc) is 2.81. The molecule has 0 spiro atoms. The molecule has 20 heavy (non-hydrogen) atoms. The van der Waals surface area contributed by atoms with E-state index >= 15 is 0 Å². The fourth-order valence-corrected chi connectivity index (χ4v) is 2.18. The van der Waals surface area contributed by atoms with Crippen molar-refractivity contribution in [1.29, 1.82) is 0 Å². The second-order valence-electron chi connectivity index (χ2n) is 5.86. The molecule has 1 fully saturated rings. The number of carbonyl (C=O) groups is 2. The van der Waals surface area contributed by atoms with Crippen molar-refractivity contribution in [1.82, 2.24) is 4.90 Å². The minimum Gasteiger partial charge on any atom is -0.444 e. The molecule has 1 aliphatic rings. The smallest absolute Gasteiger partial charge is 0.410 e. The van der Waals surface area contributed by atoms with Crippen LogP contribution in [0.25, 0.3) is 10.4 Å². The van der Waals surface area contributed by atoms with E-state index in [0.717, 1.165) is 6.42 Å². The number of likely N-dealkylation sites (tertiary alicyclic amines) is 1. The van der Waals surface area contributed by atoms with Gasteiger partial charge in [-0.05, 0) is 45.6 Å². The molecule has 0 radical (unpaired) electrons. The van der Waals surface area contributed by atoms with Gasteiger partial charge in [0, 0.05) is 24.4 Å². The van der Waals surface area contributed by atoms with E-state index < -0.39 is 17.7 Å². The molecule has 1 heterocycles. The molecule has 1 atom stereocenters. The molecule has 0 aromatic carbocycles. The van der Waals surface area contributed by atoms with Crippen molar-refractivity contribution in [3.05, 3.63) is 10.4 Å². The van der Waals surface area contributed by atoms with Crippen molar-refractivity contribution in [2.75, 3.05) is 13.1 Å². The van der Waals surface area contributed by atoms with Crippen LogP contribution >= 0.6 is 0 Å². The Morgan fingerprint density at radius 1 is 1.45 bits per heavy atom. The molecular weight excluding hydrogens is 260 g/mol. The molecule has 0 N–H and O–H groups in total. The molecule has 7 nitrogen and oxygen atoms in total. The summed E-state index contributed by atoms with van der Waals surface area (Å²) in [4.78, 5) is 28.3. The van der Waals surface area contributed by atoms with E-state index in [1.54, 1.807) is 20.8 Å². The van der Waals surface area contributed by atoms with Gasteiger partial charge in [0.05, 0.1) is 6.04 Å². The lowest BCUT2D eigenvalue weighted by atomic mass is 10.1. The number of azide groups is 1. The molecule has 112 valence electrons. The number of Topliss-reactive ketones (excluding diaryl/α,β-unsaturated/α-hetero) is 1. The van der Waals surface area contributed by atoms with Crippen LogP contribution in [0.2, 0.25) is 0 Å². The highest BCUT2D eigenvalue weighted by atomic mass is 16.6. The molecule has 7 heteroatoms. The predicted molar refractivity (Wildman–Crippen MR) is 74.2 cm³/mol. The minimum atomic E-state index is -0.561. The van der Waals surface area contributed by atoms with Crippen molar-refractivity contribution in [2.24, 2.45) is 5.11 Å². The van der Waals surface area contributed by atoms with Gasteiger partial charge in [-0.3, -0.25) is 9.69 Å². The predicted octanol–water partition coefficient (Wildman–Crippen LogP) is 3.05. The van der Waals surface area contributed by atoms with Gasteiger partial charge in [-0.2, -0.15) is 0 Å². The number of rotatable bonds is 5. The maximum Gasteiger partial charge on any atom is 0.410 e. The van der Waals surface area contributed by atoms with Crippen LogP contribution in [-0.4, -0.2) is 41.5 Å². The van der Waals surface area contributed by atoms with Gasteiger partial charge in [-0.1, -0.05) is 5.11 Å². The van der Waals surface area contributed by atoms with Gasteiger partial charge >= 0.3 is 6.09 Å². The number of hydrogen-bond donors (Lipinski definition) is 0. The molecular formula is C13H22N4O3. The second-order valence-corrected chi connectivity index (χ2v) is 5.86. The second kappa shape index (κ2) is 7.14. The topological polar surface area (TPSA) is 95.4 Å². The summed E-state index contributed by atoms with van der Waals surface area (Å²) >= 11 is 0. The van der Waals surface area contributed by atoms with E-state index in [1.165, 1.54) is 4.90 Å². The molecule has 0 bridgehead atoms. The number of nitrogens with zero attached hydrogens (tertiary/aromatic N) is 4. The molecule has 0 aromatic rings. The summed E-state index contributed by atoms with van der Waals surface area (Å²) in [5.74, 6) is 0.0153. The molecule has 1 amide bonds. The zero-order valence-corrected chi connectivity index (χ0v) is 12.3. The number of ketones is 1. The van der Waals surface area contributed by atoms with Crippen LogP contribution in [0, 0.1) is 0 Å². The van der Waals surface area contributed by atoms with Crippen LogP contribution in [0.1, 0.15) is 46.5 Å². The van der Waals surface area contributed by atoms with Crippen LogP contribution in [0.3, 0.4) is 0 Å². The summed E-state index contributed by atoms with van der Waals surface area (Å²) in [5.41, 5.74) is 7.61. The van der Waals surface area contributed by atoms with Crippen molar-refractivity contribution in [3.8, 4) is 0 Å². The molecule has 0 aromatic heterocycles. The first-order chi connectivity index (χ1) is 9.35. The Morgan fingerprint density at radius 3 is 2.75 bits per heavy atom. The van der Waals surface area contributed by atoms with Gasteiger partial charge in [-0.25, -0.2) is 4.79 Å². The van der Waals surface area contributed by atoms with Gasteiger partial charge in [0.15, 0.2) is 5.78 Å². The van der Waals surface area contributed by atoms with Crippen molar-refractivity contribution < 1.29 is 14.3 Å². The van der Waals surface area contributed by atoms with E-state index in [-0.39, 0.29) is 5.78 Å². The molecule has 0 saturated carbocycles. The van der Waals surface area contributed by atoms with E-state index in [9.17, 15) is 9.59 Å². The first-order valence-corrected chi connectivity index (χ1v) is 6.88. The maximum absolute atomic E-state index is 12.1. The van der Waals surface area contributed by atoms with E-state index in [0.29, 0.717) is 32.4 Å². The lowest BCUT2D eigenvalue weighted by Gasteiger charge is -2.28. The third-order valence-electron chi connectivity index (χ3n) is 3.00. The van der Waals surface area contributed by atoms with E-state index in [1.807, 2.05) is 0 Å². The van der Waals surface area contributed by atoms with Crippen LogP contribution in [0.15, 0.2) is 5.11 Å². The largest absolute Gasteiger partial charge is 0.444 e. The molecule has 1 rings (SSSR count). The number of hydrogen-bond acceptors (Lipinski definition) is 4. The minimum absolute atomic E-state index is 0.0153. The van der Waals surface area contributed by atoms with E-state index in [2.05, 4.69) is 10.0 Å². The SMILES string of the molecule is CC(C)(C)OC(=O)N1CCC[C@H]1C(=O)CCCN=[N+]=[N-]. The third kappa shape index (κ3) is 5.09. The highest BCUT2D eigenvalue weighted by Crippen LogP contribution is 2.22. The number of carbonyl (C=O) groups excluding carboxylic acids is 2. The summed E-state index contributed by atoms with van der Waals surface area (Å²) < 4.78 is 5.31. The highest BCUT2D eigenvalue weighted by molar-refractivity contribution is 5.88. The van der Waals surface area contributed by atoms with Crippen LogP contribution in [0.4, 0.5) is 4.79 Å². The standard InChI is InChI=1S/C13H22N4O3/c1-13(2,3)20-12(19)17-9-5-6-10(17)11(18)7-4-8-15-16-14/h10H,4-9H2,1-3H3/t10-/m0/s1. The zero-order valence-electron chi connectivity index (χ0n) is 12.3. The van der Waals surface area contributed by atoms with Crippen molar-refractivity contribution in [2.45, 2.75) is 58.1 Å². The van der Waals surface area contributed by atoms with Crippen LogP contribution in [0.5, 0.6) is 0 Å². The lowest BCUT2D eigenvalue weighted by Crippen LogP contribution is -2.43. The van der Waals surface area contributed by atoms with Gasteiger partial charge in [-0.15, -0.1) is 0 Å². The Kier molecular flexibility index (Phi) is 5.82. The fraction of sp³-hybridized carbons (Fsp3) is 0.846. The summed E-state index contributed by atoms with van der Waals surface area (Å²) in [7, 11) is 0. The third-order valence-corrected chi connectivity index (χ3v) is 3.00. The van der Waals surface area contributed by atoms with Crippen molar-refractivity contribution in [3.63, 3.8) is 0 Å². The number of ether oxygens (including phenoxy) is 1. The molecule has 1 saturated heterocycles. The average molecular weight is 282 g/mol. The highest BCUT2D eigenvalue weighted by Gasteiger charge is 2.35. The fourth-order valence-electron chi connectivity index (χ4n) is 2.18. The summed E-state index contributed by atoms with van der Waals surface area (Å²) in [6.07, 6.45) is 1.90. The first-order valence-electron chi connectivity index (χ1n) is 6.88. The number of amides is 1. The van der Waals surface area contributed by atoms with Crippen molar-refractivity contribution >= 4 is 11.9 Å². The van der Waals surface area contributed by atoms with Gasteiger partial charge in [0.25, 0.3) is 0 Å². The normalized spacial score (nSPS) is 18.6. The Bertz CT molecular complexity index is 410. The van der Waals surface area contributed by atoms with Crippen LogP contribution < -0.4 is 0 Å². The molecule has 0 aliphatic carbocycles. The monoisotopic (exact) mass is 282 g/mol. The lowest BCUT2D eigenvalue weighted by molar-refractivity contribution is -0.123. The van der Waals surface area contributed by atoms with Crippen LogP contribution in [-0.2, 0) is 9.53 Å².